The van der Waals surface area contributed by atoms with Gasteiger partial charge >= 0.3 is 0 Å². The van der Waals surface area contributed by atoms with Crippen LogP contribution in [0.1, 0.15) is 18.1 Å². The van der Waals surface area contributed by atoms with Gasteiger partial charge in [0.15, 0.2) is 17.4 Å². The van der Waals surface area contributed by atoms with Gasteiger partial charge in [0.05, 0.1) is 27.4 Å². The van der Waals surface area contributed by atoms with Crippen molar-refractivity contribution in [2.75, 3.05) is 38.9 Å². The Kier molecular flexibility index (Phi) is 6.90. The number of nitrogens with one attached hydrogen (secondary N) is 1. The Balaban J connectivity index is 1.60. The Hall–Kier alpha value is -4.90. The Morgan fingerprint density at radius 1 is 1.05 bits per heavy atom. The van der Waals surface area contributed by atoms with Crippen LogP contribution in [0.5, 0.6) is 17.4 Å². The highest BCUT2D eigenvalue weighted by atomic mass is 16.7. The quantitative estimate of drug-likeness (QED) is 0.194. The van der Waals surface area contributed by atoms with E-state index in [1.165, 1.54) is 19.1 Å². The molecule has 0 bridgehead atoms. The minimum atomic E-state index is -0.492. The number of carbonyl (C=O) groups excluding carboxylic acids is 1. The number of aromatic nitrogens is 1. The van der Waals surface area contributed by atoms with Crippen LogP contribution in [0.4, 0.5) is 17.1 Å². The molecule has 5 rings (SSSR count). The van der Waals surface area contributed by atoms with Crippen LogP contribution in [0.3, 0.4) is 0 Å². The number of ether oxygens (including phenoxy) is 2. The van der Waals surface area contributed by atoms with Crippen LogP contribution in [-0.2, 0) is 4.79 Å². The van der Waals surface area contributed by atoms with Crippen LogP contribution < -0.4 is 14.4 Å². The average Bonchev–Trinajstić information content (AvgIpc) is 3.50. The van der Waals surface area contributed by atoms with E-state index in [1.807, 2.05) is 37.2 Å². The van der Waals surface area contributed by atoms with Crippen molar-refractivity contribution in [3.8, 4) is 17.4 Å². The largest absolute Gasteiger partial charge is 0.494 e. The maximum absolute atomic E-state index is 12.3. The summed E-state index contributed by atoms with van der Waals surface area (Å²) in [6, 6.07) is 16.9. The molecule has 0 fully saturated rings. The number of aliphatic imine (C=N–C) groups is 1. The summed E-state index contributed by atoms with van der Waals surface area (Å²) in [7, 11) is 3.90. The molecule has 2 heterocycles. The Bertz CT molecular complexity index is 1590. The summed E-state index contributed by atoms with van der Waals surface area (Å²) < 4.78 is 11.0. The molecule has 0 saturated carbocycles. The highest BCUT2D eigenvalue weighted by Crippen LogP contribution is 2.37. The van der Waals surface area contributed by atoms with Gasteiger partial charge in [-0.05, 0) is 62.6 Å². The molecule has 0 radical (unpaired) electrons. The number of fused-ring (bicyclic) bond motifs is 2. The van der Waals surface area contributed by atoms with E-state index < -0.39 is 4.92 Å². The zero-order chi connectivity index (χ0) is 27.7. The number of benzene rings is 3. The van der Waals surface area contributed by atoms with Crippen molar-refractivity contribution in [1.82, 2.24) is 9.88 Å². The molecule has 0 aliphatic carbocycles. The highest BCUT2D eigenvalue weighted by molar-refractivity contribution is 6.22. The second-order valence-corrected chi connectivity index (χ2v) is 9.35. The lowest BCUT2D eigenvalue weighted by molar-refractivity contribution is -0.384. The molecule has 1 amide bonds. The molecule has 11 heteroatoms. The smallest absolute Gasteiger partial charge is 0.271 e. The summed E-state index contributed by atoms with van der Waals surface area (Å²) in [6.07, 6.45) is 0. The van der Waals surface area contributed by atoms with Crippen molar-refractivity contribution in [1.29, 1.82) is 0 Å². The first-order valence-electron chi connectivity index (χ1n) is 12.2. The number of non-ortho nitro benzene ring substituents is 1. The second-order valence-electron chi connectivity index (χ2n) is 9.35. The minimum absolute atomic E-state index is 0.0630. The SMILES string of the molecule is CC(=O)N(CCN(C)C)c1ccc(N=C(c2ccc3c(c2)OCO3)c2c(O)[nH]c3cc([N+](=O)[O-])ccc23)cc1. The number of hydrogen-bond donors (Lipinski definition) is 2. The molecular formula is C28H27N5O6. The lowest BCUT2D eigenvalue weighted by Gasteiger charge is -2.23. The van der Waals surface area contributed by atoms with E-state index >= 15 is 0 Å². The van der Waals surface area contributed by atoms with Gasteiger partial charge in [-0.25, -0.2) is 4.99 Å². The van der Waals surface area contributed by atoms with Gasteiger partial charge in [-0.2, -0.15) is 0 Å². The molecule has 0 spiro atoms. The fourth-order valence-corrected chi connectivity index (χ4v) is 4.44. The predicted octanol–water partition coefficient (Wildman–Crippen LogP) is 4.59. The lowest BCUT2D eigenvalue weighted by atomic mass is 10.00. The number of H-pyrrole nitrogens is 1. The fraction of sp³-hybridized carbons (Fsp3) is 0.214. The van der Waals surface area contributed by atoms with E-state index in [-0.39, 0.29) is 24.3 Å². The Labute approximate surface area is 224 Å². The number of nitro groups is 1. The van der Waals surface area contributed by atoms with Gasteiger partial charge in [0.25, 0.3) is 5.69 Å². The zero-order valence-corrected chi connectivity index (χ0v) is 21.7. The minimum Gasteiger partial charge on any atom is -0.494 e. The van der Waals surface area contributed by atoms with Crippen LogP contribution in [-0.4, -0.2) is 65.5 Å². The molecule has 39 heavy (non-hydrogen) atoms. The Morgan fingerprint density at radius 3 is 2.49 bits per heavy atom. The van der Waals surface area contributed by atoms with Gasteiger partial charge < -0.3 is 29.4 Å². The fourth-order valence-electron chi connectivity index (χ4n) is 4.44. The summed E-state index contributed by atoms with van der Waals surface area (Å²) in [5.74, 6) is 0.906. The van der Waals surface area contributed by atoms with Crippen molar-refractivity contribution < 1.29 is 24.3 Å². The number of nitro benzene ring substituents is 1. The third-order valence-electron chi connectivity index (χ3n) is 6.41. The highest BCUT2D eigenvalue weighted by Gasteiger charge is 2.23. The molecule has 1 aliphatic heterocycles. The molecule has 3 aromatic carbocycles. The number of anilines is 1. The molecular weight excluding hydrogens is 502 g/mol. The first-order chi connectivity index (χ1) is 18.7. The average molecular weight is 530 g/mol. The number of nitrogens with zero attached hydrogens (tertiary/aromatic N) is 4. The van der Waals surface area contributed by atoms with Crippen LogP contribution in [0.2, 0.25) is 0 Å². The van der Waals surface area contributed by atoms with Crippen molar-refractivity contribution in [3.05, 3.63) is 81.9 Å². The standard InChI is InChI=1S/C28H27N5O6/c1-17(34)32(13-12-31(2)3)20-7-5-19(6-8-20)29-27(18-4-11-24-25(14-18)39-16-38-24)26-22-10-9-21(33(36)37)15-23(22)30-28(26)35/h4-11,14-15,30,35H,12-13,16H2,1-3H3. The van der Waals surface area contributed by atoms with E-state index in [1.54, 1.807) is 35.2 Å². The maximum Gasteiger partial charge on any atom is 0.271 e. The molecule has 1 aliphatic rings. The lowest BCUT2D eigenvalue weighted by Crippen LogP contribution is -2.35. The Morgan fingerprint density at radius 2 is 1.79 bits per heavy atom. The summed E-state index contributed by atoms with van der Waals surface area (Å²) >= 11 is 0. The summed E-state index contributed by atoms with van der Waals surface area (Å²) in [5, 5.41) is 22.8. The molecule has 0 unspecified atom stereocenters. The summed E-state index contributed by atoms with van der Waals surface area (Å²) in [5.41, 5.74) is 3.09. The van der Waals surface area contributed by atoms with Gasteiger partial charge in [-0.1, -0.05) is 0 Å². The number of amides is 1. The number of likely N-dealkylation sites (N-methyl/N-ethyl adjacent to an activating group) is 1. The number of carbonyl (C=O) groups is 1. The molecule has 1 aromatic heterocycles. The molecule has 4 aromatic rings. The van der Waals surface area contributed by atoms with Crippen molar-refractivity contribution >= 4 is 39.6 Å². The van der Waals surface area contributed by atoms with Crippen molar-refractivity contribution in [2.45, 2.75) is 6.92 Å². The third-order valence-corrected chi connectivity index (χ3v) is 6.41. The van der Waals surface area contributed by atoms with Gasteiger partial charge in [0.1, 0.15) is 0 Å². The monoisotopic (exact) mass is 529 g/mol. The topological polar surface area (TPSA) is 134 Å². The first kappa shape index (κ1) is 25.7. The van der Waals surface area contributed by atoms with Gasteiger partial charge in [0.2, 0.25) is 12.7 Å². The maximum atomic E-state index is 12.3. The third kappa shape index (κ3) is 5.25. The van der Waals surface area contributed by atoms with Crippen LogP contribution in [0.25, 0.3) is 10.9 Å². The number of aromatic hydroxyl groups is 1. The molecule has 2 N–H and O–H groups in total. The van der Waals surface area contributed by atoms with E-state index in [4.69, 9.17) is 14.5 Å². The number of rotatable bonds is 8. The number of hydrogen-bond acceptors (Lipinski definition) is 8. The van der Waals surface area contributed by atoms with E-state index in [0.717, 1.165) is 5.69 Å². The van der Waals surface area contributed by atoms with Crippen molar-refractivity contribution in [2.24, 2.45) is 4.99 Å². The number of aromatic amines is 1. The van der Waals surface area contributed by atoms with Gasteiger partial charge in [-0.3, -0.25) is 14.9 Å². The first-order valence-corrected chi connectivity index (χ1v) is 12.2. The van der Waals surface area contributed by atoms with Crippen LogP contribution in [0.15, 0.2) is 65.7 Å². The summed E-state index contributed by atoms with van der Waals surface area (Å²) in [4.78, 5) is 34.5. The molecule has 200 valence electrons. The molecule has 11 nitrogen and oxygen atoms in total. The van der Waals surface area contributed by atoms with E-state index in [0.29, 0.717) is 58.0 Å². The van der Waals surface area contributed by atoms with Gasteiger partial charge in [-0.15, -0.1) is 0 Å². The second kappa shape index (κ2) is 10.5. The normalized spacial score (nSPS) is 12.8. The van der Waals surface area contributed by atoms with E-state index in [9.17, 15) is 20.0 Å². The zero-order valence-electron chi connectivity index (χ0n) is 21.7. The van der Waals surface area contributed by atoms with Gasteiger partial charge in [0, 0.05) is 48.8 Å². The van der Waals surface area contributed by atoms with Crippen LogP contribution >= 0.6 is 0 Å². The van der Waals surface area contributed by atoms with Crippen LogP contribution in [0, 0.1) is 10.1 Å². The van der Waals surface area contributed by atoms with E-state index in [2.05, 4.69) is 4.98 Å². The summed E-state index contributed by atoms with van der Waals surface area (Å²) in [6.45, 7) is 2.90. The predicted molar refractivity (Wildman–Crippen MR) is 148 cm³/mol. The molecule has 0 atom stereocenters. The molecule has 0 saturated heterocycles. The van der Waals surface area contributed by atoms with Crippen molar-refractivity contribution in [3.63, 3.8) is 0 Å².